The van der Waals surface area contributed by atoms with Crippen LogP contribution in [0.2, 0.25) is 0 Å². The number of aromatic nitrogens is 2. The van der Waals surface area contributed by atoms with Crippen LogP contribution in [0.5, 0.6) is 0 Å². The van der Waals surface area contributed by atoms with E-state index in [9.17, 15) is 8.42 Å². The molecule has 0 bridgehead atoms. The zero-order valence-electron chi connectivity index (χ0n) is 14.9. The average molecular weight is 360 g/mol. The standard InChI is InChI=1S/C18H24N4O2S/c1-4-22(16-10-11-25(23,24)13-16)17-12-14(2)19-18(20-17)21(3)15-8-6-5-7-9-15/h5-9,12,16H,4,10-11,13H2,1-3H3. The number of aryl methyl sites for hydroxylation is 1. The van der Waals surface area contributed by atoms with Gasteiger partial charge in [0.2, 0.25) is 5.95 Å². The Balaban J connectivity index is 1.93. The smallest absolute Gasteiger partial charge is 0.231 e. The van der Waals surface area contributed by atoms with Gasteiger partial charge in [-0.2, -0.15) is 4.98 Å². The first-order chi connectivity index (χ1) is 11.9. The summed E-state index contributed by atoms with van der Waals surface area (Å²) in [4.78, 5) is 13.3. The van der Waals surface area contributed by atoms with Gasteiger partial charge in [-0.3, -0.25) is 0 Å². The second-order valence-corrected chi connectivity index (χ2v) is 8.63. The van der Waals surface area contributed by atoms with E-state index < -0.39 is 9.84 Å². The molecule has 25 heavy (non-hydrogen) atoms. The van der Waals surface area contributed by atoms with Crippen molar-refractivity contribution in [3.05, 3.63) is 42.1 Å². The molecule has 3 rings (SSSR count). The molecule has 0 saturated carbocycles. The van der Waals surface area contributed by atoms with Gasteiger partial charge in [-0.15, -0.1) is 0 Å². The van der Waals surface area contributed by atoms with Crippen molar-refractivity contribution >= 4 is 27.3 Å². The average Bonchev–Trinajstić information content (AvgIpc) is 2.95. The third kappa shape index (κ3) is 3.92. The molecular weight excluding hydrogens is 336 g/mol. The Morgan fingerprint density at radius 1 is 1.20 bits per heavy atom. The largest absolute Gasteiger partial charge is 0.353 e. The van der Waals surface area contributed by atoms with Crippen molar-refractivity contribution in [1.82, 2.24) is 9.97 Å². The molecule has 6 nitrogen and oxygen atoms in total. The summed E-state index contributed by atoms with van der Waals surface area (Å²) in [5.74, 6) is 1.86. The summed E-state index contributed by atoms with van der Waals surface area (Å²) in [5.41, 5.74) is 1.87. The van der Waals surface area contributed by atoms with Gasteiger partial charge in [-0.1, -0.05) is 18.2 Å². The Kier molecular flexibility index (Phi) is 4.94. The van der Waals surface area contributed by atoms with E-state index in [-0.39, 0.29) is 17.5 Å². The Bertz CT molecular complexity index is 839. The third-order valence-corrected chi connectivity index (χ3v) is 6.31. The number of hydrogen-bond acceptors (Lipinski definition) is 6. The number of anilines is 3. The molecule has 0 N–H and O–H groups in total. The fraction of sp³-hybridized carbons (Fsp3) is 0.444. The normalized spacial score (nSPS) is 18.9. The van der Waals surface area contributed by atoms with Gasteiger partial charge in [0.1, 0.15) is 5.82 Å². The number of nitrogens with zero attached hydrogens (tertiary/aromatic N) is 4. The summed E-state index contributed by atoms with van der Waals surface area (Å²) in [6.07, 6.45) is 0.656. The second kappa shape index (κ2) is 7.00. The molecular formula is C18H24N4O2S. The first kappa shape index (κ1) is 17.7. The molecule has 7 heteroatoms. The van der Waals surface area contributed by atoms with Gasteiger partial charge >= 0.3 is 0 Å². The maximum absolute atomic E-state index is 11.9. The number of benzene rings is 1. The van der Waals surface area contributed by atoms with Crippen LogP contribution in [0.3, 0.4) is 0 Å². The van der Waals surface area contributed by atoms with Crippen LogP contribution in [0.15, 0.2) is 36.4 Å². The molecule has 1 aromatic carbocycles. The molecule has 1 unspecified atom stereocenters. The van der Waals surface area contributed by atoms with E-state index in [2.05, 4.69) is 9.88 Å². The van der Waals surface area contributed by atoms with Crippen LogP contribution in [0.4, 0.5) is 17.5 Å². The Morgan fingerprint density at radius 3 is 2.52 bits per heavy atom. The maximum atomic E-state index is 11.9. The Hall–Kier alpha value is -2.15. The zero-order chi connectivity index (χ0) is 18.0. The van der Waals surface area contributed by atoms with E-state index in [1.165, 1.54) is 0 Å². The monoisotopic (exact) mass is 360 g/mol. The highest BCUT2D eigenvalue weighted by atomic mass is 32.2. The fourth-order valence-electron chi connectivity index (χ4n) is 3.23. The van der Waals surface area contributed by atoms with E-state index >= 15 is 0 Å². The van der Waals surface area contributed by atoms with Crippen LogP contribution in [0.25, 0.3) is 0 Å². The van der Waals surface area contributed by atoms with Crippen LogP contribution in [-0.2, 0) is 9.84 Å². The van der Waals surface area contributed by atoms with Gasteiger partial charge < -0.3 is 9.80 Å². The Morgan fingerprint density at radius 2 is 1.92 bits per heavy atom. The summed E-state index contributed by atoms with van der Waals surface area (Å²) >= 11 is 0. The summed E-state index contributed by atoms with van der Waals surface area (Å²) in [6, 6.07) is 11.8. The molecule has 0 amide bonds. The van der Waals surface area contributed by atoms with E-state index in [4.69, 9.17) is 4.98 Å². The summed E-state index contributed by atoms with van der Waals surface area (Å²) in [7, 11) is -0.999. The van der Waals surface area contributed by atoms with E-state index in [0.717, 1.165) is 17.2 Å². The predicted octanol–water partition coefficient (Wildman–Crippen LogP) is 2.57. The van der Waals surface area contributed by atoms with Crippen LogP contribution in [-0.4, -0.2) is 49.5 Å². The minimum absolute atomic E-state index is 0.0146. The number of para-hydroxylation sites is 1. The van der Waals surface area contributed by atoms with Crippen molar-refractivity contribution in [3.8, 4) is 0 Å². The molecule has 2 heterocycles. The van der Waals surface area contributed by atoms with E-state index in [0.29, 0.717) is 18.9 Å². The molecule has 1 aliphatic heterocycles. The molecule has 0 spiro atoms. The summed E-state index contributed by atoms with van der Waals surface area (Å²) < 4.78 is 23.7. The van der Waals surface area contributed by atoms with Crippen LogP contribution in [0, 0.1) is 6.92 Å². The summed E-state index contributed by atoms with van der Waals surface area (Å²) in [6.45, 7) is 4.68. The van der Waals surface area contributed by atoms with Crippen LogP contribution in [0.1, 0.15) is 19.0 Å². The molecule has 1 aromatic heterocycles. The lowest BCUT2D eigenvalue weighted by Crippen LogP contribution is -2.37. The fourth-order valence-corrected chi connectivity index (χ4v) is 4.96. The lowest BCUT2D eigenvalue weighted by molar-refractivity contribution is 0.599. The number of hydrogen-bond donors (Lipinski definition) is 0. The first-order valence-electron chi connectivity index (χ1n) is 8.51. The van der Waals surface area contributed by atoms with Gasteiger partial charge in [0.15, 0.2) is 9.84 Å². The topological polar surface area (TPSA) is 66.4 Å². The minimum Gasteiger partial charge on any atom is -0.353 e. The highest BCUT2D eigenvalue weighted by Crippen LogP contribution is 2.26. The number of sulfone groups is 1. The van der Waals surface area contributed by atoms with Gasteiger partial charge in [0.05, 0.1) is 11.5 Å². The molecule has 0 radical (unpaired) electrons. The van der Waals surface area contributed by atoms with Gasteiger partial charge in [0.25, 0.3) is 0 Å². The quantitative estimate of drug-likeness (QED) is 0.816. The Labute approximate surface area is 149 Å². The van der Waals surface area contributed by atoms with Crippen molar-refractivity contribution in [2.75, 3.05) is 34.9 Å². The molecule has 1 saturated heterocycles. The van der Waals surface area contributed by atoms with E-state index in [1.807, 2.05) is 62.2 Å². The van der Waals surface area contributed by atoms with Gasteiger partial charge in [0, 0.05) is 37.1 Å². The van der Waals surface area contributed by atoms with Gasteiger partial charge in [-0.25, -0.2) is 13.4 Å². The molecule has 1 atom stereocenters. The van der Waals surface area contributed by atoms with Crippen LogP contribution >= 0.6 is 0 Å². The maximum Gasteiger partial charge on any atom is 0.231 e. The summed E-state index contributed by atoms with van der Waals surface area (Å²) in [5, 5.41) is 0. The molecule has 1 fully saturated rings. The van der Waals surface area contributed by atoms with Crippen molar-refractivity contribution in [2.24, 2.45) is 0 Å². The highest BCUT2D eigenvalue weighted by Gasteiger charge is 2.32. The highest BCUT2D eigenvalue weighted by molar-refractivity contribution is 7.91. The van der Waals surface area contributed by atoms with E-state index in [1.54, 1.807) is 0 Å². The number of rotatable bonds is 5. The lowest BCUT2D eigenvalue weighted by atomic mass is 10.2. The van der Waals surface area contributed by atoms with Crippen molar-refractivity contribution < 1.29 is 8.42 Å². The molecule has 0 aliphatic carbocycles. The molecule has 2 aromatic rings. The molecule has 134 valence electrons. The lowest BCUT2D eigenvalue weighted by Gasteiger charge is -2.29. The van der Waals surface area contributed by atoms with Crippen molar-refractivity contribution in [3.63, 3.8) is 0 Å². The second-order valence-electron chi connectivity index (χ2n) is 6.40. The van der Waals surface area contributed by atoms with Crippen LogP contribution < -0.4 is 9.80 Å². The van der Waals surface area contributed by atoms with Crippen molar-refractivity contribution in [2.45, 2.75) is 26.3 Å². The zero-order valence-corrected chi connectivity index (χ0v) is 15.7. The first-order valence-corrected chi connectivity index (χ1v) is 10.3. The van der Waals surface area contributed by atoms with Crippen molar-refractivity contribution in [1.29, 1.82) is 0 Å². The SMILES string of the molecule is CCN(c1cc(C)nc(N(C)c2ccccc2)n1)C1CCS(=O)(=O)C1. The van der Waals surface area contributed by atoms with Gasteiger partial charge in [-0.05, 0) is 32.4 Å². The predicted molar refractivity (Wildman–Crippen MR) is 101 cm³/mol. The molecule has 1 aliphatic rings. The third-order valence-electron chi connectivity index (χ3n) is 4.56. The minimum atomic E-state index is -2.93.